The van der Waals surface area contributed by atoms with E-state index in [2.05, 4.69) is 14.7 Å². The number of fused-ring (bicyclic) bond motifs is 1. The molecule has 0 bridgehead atoms. The Balaban J connectivity index is 2.39. The van der Waals surface area contributed by atoms with Gasteiger partial charge in [0.2, 0.25) is 10.0 Å². The number of benzene rings is 1. The minimum absolute atomic E-state index is 0.0596. The summed E-state index contributed by atoms with van der Waals surface area (Å²) in [5.41, 5.74) is 0.806. The van der Waals surface area contributed by atoms with E-state index < -0.39 is 27.7 Å². The SMILES string of the molecule is CSCC[C@@H](NS(=O)(=O)c1cc2[nH]c(=O)[nH]c2cc1C)C(=O)O. The van der Waals surface area contributed by atoms with Gasteiger partial charge in [0.05, 0.1) is 15.9 Å². The molecule has 1 heterocycles. The van der Waals surface area contributed by atoms with Gasteiger partial charge in [-0.3, -0.25) is 4.79 Å². The molecule has 0 fully saturated rings. The number of thioether (sulfide) groups is 1. The highest BCUT2D eigenvalue weighted by molar-refractivity contribution is 7.98. The minimum atomic E-state index is -4.02. The molecular weight excluding hydrogens is 342 g/mol. The molecule has 0 saturated heterocycles. The molecule has 0 radical (unpaired) electrons. The van der Waals surface area contributed by atoms with Crippen molar-refractivity contribution in [3.8, 4) is 0 Å². The van der Waals surface area contributed by atoms with Crippen LogP contribution in [0.1, 0.15) is 12.0 Å². The maximum Gasteiger partial charge on any atom is 0.323 e. The molecule has 4 N–H and O–H groups in total. The van der Waals surface area contributed by atoms with E-state index in [1.807, 2.05) is 6.26 Å². The number of rotatable bonds is 7. The van der Waals surface area contributed by atoms with E-state index in [0.29, 0.717) is 22.3 Å². The second kappa shape index (κ2) is 6.77. The molecule has 0 aliphatic heterocycles. The zero-order chi connectivity index (χ0) is 17.2. The van der Waals surface area contributed by atoms with Crippen LogP contribution in [0.2, 0.25) is 0 Å². The second-order valence-electron chi connectivity index (χ2n) is 5.04. The van der Waals surface area contributed by atoms with Gasteiger partial charge in [0, 0.05) is 0 Å². The number of carboxylic acids is 1. The van der Waals surface area contributed by atoms with E-state index in [-0.39, 0.29) is 11.3 Å². The molecule has 0 saturated carbocycles. The molecule has 0 unspecified atom stereocenters. The normalized spacial score (nSPS) is 13.3. The second-order valence-corrected chi connectivity index (χ2v) is 7.70. The standard InChI is InChI=1S/C13H17N3O5S2/c1-7-5-9-10(15-13(19)14-9)6-11(7)23(20,21)16-8(12(17)18)3-4-22-2/h5-6,8,16H,3-4H2,1-2H3,(H,17,18)(H2,14,15,19)/t8-/m1/s1. The van der Waals surface area contributed by atoms with Crippen molar-refractivity contribution in [2.45, 2.75) is 24.3 Å². The Kier molecular flexibility index (Phi) is 5.17. The van der Waals surface area contributed by atoms with Gasteiger partial charge in [-0.15, -0.1) is 0 Å². The minimum Gasteiger partial charge on any atom is -0.480 e. The third-order valence-corrected chi connectivity index (χ3v) is 5.56. The smallest absolute Gasteiger partial charge is 0.323 e. The fraction of sp³-hybridized carbons (Fsp3) is 0.385. The van der Waals surface area contributed by atoms with Gasteiger partial charge in [0.15, 0.2) is 0 Å². The van der Waals surface area contributed by atoms with Crippen LogP contribution in [0.25, 0.3) is 11.0 Å². The predicted molar refractivity (Wildman–Crippen MR) is 88.4 cm³/mol. The number of carboxylic acid groups (broad SMARTS) is 1. The Morgan fingerprint density at radius 1 is 1.35 bits per heavy atom. The van der Waals surface area contributed by atoms with Crippen LogP contribution >= 0.6 is 11.8 Å². The molecule has 2 aromatic rings. The van der Waals surface area contributed by atoms with E-state index in [1.165, 1.54) is 23.9 Å². The van der Waals surface area contributed by atoms with Gasteiger partial charge in [-0.05, 0) is 43.0 Å². The number of carbonyl (C=O) groups is 1. The summed E-state index contributed by atoms with van der Waals surface area (Å²) in [5.74, 6) is -0.709. The van der Waals surface area contributed by atoms with E-state index in [1.54, 1.807) is 6.92 Å². The number of sulfonamides is 1. The molecule has 126 valence electrons. The Bertz CT molecular complexity index is 885. The maximum atomic E-state index is 12.5. The van der Waals surface area contributed by atoms with Crippen molar-refractivity contribution in [1.29, 1.82) is 0 Å². The maximum absolute atomic E-state index is 12.5. The van der Waals surface area contributed by atoms with Gasteiger partial charge in [-0.1, -0.05) is 0 Å². The first-order valence-electron chi connectivity index (χ1n) is 6.71. The van der Waals surface area contributed by atoms with Gasteiger partial charge in [-0.2, -0.15) is 16.5 Å². The lowest BCUT2D eigenvalue weighted by Gasteiger charge is -2.15. The molecule has 8 nitrogen and oxygen atoms in total. The first-order chi connectivity index (χ1) is 10.7. The number of aromatic amines is 2. The molecule has 2 rings (SSSR count). The molecule has 0 amide bonds. The van der Waals surface area contributed by atoms with Crippen LogP contribution in [0.5, 0.6) is 0 Å². The summed E-state index contributed by atoms with van der Waals surface area (Å²) < 4.78 is 27.2. The van der Waals surface area contributed by atoms with Gasteiger partial charge < -0.3 is 15.1 Å². The molecule has 23 heavy (non-hydrogen) atoms. The molecule has 0 spiro atoms. The number of nitrogens with one attached hydrogen (secondary N) is 3. The first-order valence-corrected chi connectivity index (χ1v) is 9.59. The van der Waals surface area contributed by atoms with E-state index in [0.717, 1.165) is 0 Å². The number of aryl methyl sites for hydroxylation is 1. The third-order valence-electron chi connectivity index (χ3n) is 3.31. The molecule has 1 aromatic carbocycles. The van der Waals surface area contributed by atoms with Crippen molar-refractivity contribution in [1.82, 2.24) is 14.7 Å². The van der Waals surface area contributed by atoms with Crippen molar-refractivity contribution < 1.29 is 18.3 Å². The molecule has 0 aliphatic rings. The summed E-state index contributed by atoms with van der Waals surface area (Å²) in [7, 11) is -4.02. The lowest BCUT2D eigenvalue weighted by molar-refractivity contribution is -0.139. The first kappa shape index (κ1) is 17.6. The molecule has 0 aliphatic carbocycles. The van der Waals surface area contributed by atoms with Crippen LogP contribution in [0, 0.1) is 6.92 Å². The van der Waals surface area contributed by atoms with Gasteiger partial charge in [0.25, 0.3) is 0 Å². The van der Waals surface area contributed by atoms with Crippen LogP contribution in [0.15, 0.2) is 21.8 Å². The highest BCUT2D eigenvalue weighted by Crippen LogP contribution is 2.21. The van der Waals surface area contributed by atoms with E-state index in [4.69, 9.17) is 5.11 Å². The largest absolute Gasteiger partial charge is 0.480 e. The topological polar surface area (TPSA) is 132 Å². The summed E-state index contributed by atoms with van der Waals surface area (Å²) >= 11 is 1.43. The Morgan fingerprint density at radius 2 is 1.96 bits per heavy atom. The zero-order valence-electron chi connectivity index (χ0n) is 12.5. The number of aromatic nitrogens is 2. The van der Waals surface area contributed by atoms with Crippen molar-refractivity contribution in [3.63, 3.8) is 0 Å². The average molecular weight is 359 g/mol. The lowest BCUT2D eigenvalue weighted by Crippen LogP contribution is -2.41. The number of imidazole rings is 1. The fourth-order valence-corrected chi connectivity index (χ4v) is 4.13. The van der Waals surface area contributed by atoms with Crippen LogP contribution in [-0.2, 0) is 14.8 Å². The predicted octanol–water partition coefficient (Wildman–Crippen LogP) is 0.649. The highest BCUT2D eigenvalue weighted by atomic mass is 32.2. The molecule has 10 heteroatoms. The summed E-state index contributed by atoms with van der Waals surface area (Å²) in [6.45, 7) is 1.58. The monoisotopic (exact) mass is 359 g/mol. The molecule has 1 aromatic heterocycles. The molecule has 1 atom stereocenters. The summed E-state index contributed by atoms with van der Waals surface area (Å²) in [4.78, 5) is 27.5. The van der Waals surface area contributed by atoms with Gasteiger partial charge >= 0.3 is 11.7 Å². The van der Waals surface area contributed by atoms with E-state index >= 15 is 0 Å². The van der Waals surface area contributed by atoms with Crippen LogP contribution in [0.3, 0.4) is 0 Å². The van der Waals surface area contributed by atoms with Crippen LogP contribution in [0.4, 0.5) is 0 Å². The average Bonchev–Trinajstić information content (AvgIpc) is 2.81. The van der Waals surface area contributed by atoms with Gasteiger partial charge in [-0.25, -0.2) is 13.2 Å². The Morgan fingerprint density at radius 3 is 2.52 bits per heavy atom. The Hall–Kier alpha value is -1.78. The fourth-order valence-electron chi connectivity index (χ4n) is 2.18. The number of H-pyrrole nitrogens is 2. The third kappa shape index (κ3) is 3.95. The number of hydrogen-bond donors (Lipinski definition) is 4. The summed E-state index contributed by atoms with van der Waals surface area (Å²) in [5, 5.41) is 9.17. The van der Waals surface area contributed by atoms with E-state index in [9.17, 15) is 18.0 Å². The lowest BCUT2D eigenvalue weighted by atomic mass is 10.2. The Labute approximate surface area is 136 Å². The van der Waals surface area contributed by atoms with Crippen molar-refractivity contribution in [2.24, 2.45) is 0 Å². The van der Waals surface area contributed by atoms with Crippen molar-refractivity contribution >= 4 is 38.8 Å². The van der Waals surface area contributed by atoms with Crippen LogP contribution < -0.4 is 10.4 Å². The van der Waals surface area contributed by atoms with Crippen molar-refractivity contribution in [2.75, 3.05) is 12.0 Å². The highest BCUT2D eigenvalue weighted by Gasteiger charge is 2.26. The zero-order valence-corrected chi connectivity index (χ0v) is 14.2. The molecular formula is C13H17N3O5S2. The quantitative estimate of drug-likeness (QED) is 0.574. The van der Waals surface area contributed by atoms with Gasteiger partial charge in [0.1, 0.15) is 6.04 Å². The summed E-state index contributed by atoms with van der Waals surface area (Å²) in [6, 6.07) is 1.64. The summed E-state index contributed by atoms with van der Waals surface area (Å²) in [6.07, 6.45) is 1.99. The van der Waals surface area contributed by atoms with Crippen molar-refractivity contribution in [3.05, 3.63) is 28.2 Å². The number of hydrogen-bond acceptors (Lipinski definition) is 5. The number of aliphatic carboxylic acids is 1. The van der Waals surface area contributed by atoms with Crippen LogP contribution in [-0.4, -0.2) is 47.5 Å².